The quantitative estimate of drug-likeness (QED) is 0.788. The molecule has 2 rings (SSSR count). The van der Waals surface area contributed by atoms with Crippen LogP contribution in [0.4, 0.5) is 0 Å². The van der Waals surface area contributed by atoms with Crippen molar-refractivity contribution < 1.29 is 17.6 Å². The highest BCUT2D eigenvalue weighted by Crippen LogP contribution is 2.15. The van der Waals surface area contributed by atoms with Crippen LogP contribution in [0.2, 0.25) is 0 Å². The number of furan rings is 1. The van der Waals surface area contributed by atoms with E-state index in [0.717, 1.165) is 5.56 Å². The van der Waals surface area contributed by atoms with Gasteiger partial charge in [-0.3, -0.25) is 0 Å². The van der Waals surface area contributed by atoms with Gasteiger partial charge in [0, 0.05) is 18.8 Å². The molecule has 0 atom stereocenters. The number of hydrogen-bond acceptors (Lipinski definition) is 6. The average Bonchev–Trinajstić information content (AvgIpc) is 2.95. The second-order valence-electron chi connectivity index (χ2n) is 4.28. The van der Waals surface area contributed by atoms with Crippen LogP contribution in [0.15, 0.2) is 40.0 Å². The summed E-state index contributed by atoms with van der Waals surface area (Å²) in [5, 5.41) is 2.79. The molecule has 0 radical (unpaired) electrons. The normalized spacial score (nSPS) is 11.5. The van der Waals surface area contributed by atoms with Crippen LogP contribution in [-0.4, -0.2) is 27.6 Å². The van der Waals surface area contributed by atoms with E-state index in [1.54, 1.807) is 31.4 Å². The Hall–Kier alpha value is -1.90. The van der Waals surface area contributed by atoms with Crippen molar-refractivity contribution in [1.82, 2.24) is 15.0 Å². The Morgan fingerprint density at radius 1 is 1.29 bits per heavy atom. The molecule has 2 aromatic rings. The van der Waals surface area contributed by atoms with Gasteiger partial charge in [-0.25, -0.2) is 18.1 Å². The summed E-state index contributed by atoms with van der Waals surface area (Å²) in [6, 6.07) is 6.43. The first-order chi connectivity index (χ1) is 10.0. The second kappa shape index (κ2) is 6.70. The first kappa shape index (κ1) is 15.5. The van der Waals surface area contributed by atoms with E-state index in [-0.39, 0.29) is 11.6 Å². The number of rotatable bonds is 7. The van der Waals surface area contributed by atoms with Crippen LogP contribution in [0.25, 0.3) is 0 Å². The summed E-state index contributed by atoms with van der Waals surface area (Å²) in [5.41, 5.74) is 0.743. The molecule has 0 aliphatic heterocycles. The van der Waals surface area contributed by atoms with E-state index in [4.69, 9.17) is 9.15 Å². The maximum Gasteiger partial charge on any atom is 0.274 e. The maximum absolute atomic E-state index is 12.1. The van der Waals surface area contributed by atoms with Crippen molar-refractivity contribution in [1.29, 1.82) is 0 Å². The van der Waals surface area contributed by atoms with E-state index in [1.807, 2.05) is 0 Å². The van der Waals surface area contributed by atoms with E-state index in [1.165, 1.54) is 13.2 Å². The topological polar surface area (TPSA) is 93.5 Å². The molecule has 114 valence electrons. The molecule has 0 fully saturated rings. The lowest BCUT2D eigenvalue weighted by atomic mass is 10.3. The Morgan fingerprint density at radius 3 is 2.81 bits per heavy atom. The molecule has 2 N–H and O–H groups in total. The van der Waals surface area contributed by atoms with Crippen molar-refractivity contribution in [2.45, 2.75) is 18.2 Å². The van der Waals surface area contributed by atoms with Gasteiger partial charge in [-0.2, -0.15) is 0 Å². The van der Waals surface area contributed by atoms with Gasteiger partial charge in [-0.15, -0.1) is 0 Å². The first-order valence-electron chi connectivity index (χ1n) is 6.27. The summed E-state index contributed by atoms with van der Waals surface area (Å²) >= 11 is 0. The highest BCUT2D eigenvalue weighted by atomic mass is 32.2. The molecular weight excluding hydrogens is 294 g/mol. The fourth-order valence-electron chi connectivity index (χ4n) is 1.69. The van der Waals surface area contributed by atoms with Gasteiger partial charge in [0.1, 0.15) is 5.76 Å². The van der Waals surface area contributed by atoms with Crippen LogP contribution in [0.5, 0.6) is 5.88 Å². The van der Waals surface area contributed by atoms with Crippen molar-refractivity contribution in [2.24, 2.45) is 0 Å². The average molecular weight is 311 g/mol. The van der Waals surface area contributed by atoms with Gasteiger partial charge in [-0.1, -0.05) is 0 Å². The first-order valence-corrected chi connectivity index (χ1v) is 7.75. The molecule has 0 aliphatic rings. The number of nitrogens with one attached hydrogen (secondary N) is 2. The standard InChI is InChI=1S/C13H17N3O4S/c1-14-9-11-3-4-13(20-11)21(17,18)16-8-10-5-6-15-12(7-10)19-2/h3-7,14,16H,8-9H2,1-2H3. The zero-order valence-electron chi connectivity index (χ0n) is 11.8. The Balaban J connectivity index is 2.06. The highest BCUT2D eigenvalue weighted by molar-refractivity contribution is 7.89. The van der Waals surface area contributed by atoms with Crippen molar-refractivity contribution in [3.8, 4) is 5.88 Å². The second-order valence-corrected chi connectivity index (χ2v) is 5.98. The fraction of sp³-hybridized carbons (Fsp3) is 0.308. The summed E-state index contributed by atoms with van der Waals surface area (Å²) in [4.78, 5) is 3.96. The molecule has 0 bridgehead atoms. The number of nitrogens with zero attached hydrogens (tertiary/aromatic N) is 1. The SMILES string of the molecule is CNCc1ccc(S(=O)(=O)NCc2ccnc(OC)c2)o1. The number of aromatic nitrogens is 1. The van der Waals surface area contributed by atoms with Gasteiger partial charge >= 0.3 is 0 Å². The Bertz CT molecular complexity index is 697. The van der Waals surface area contributed by atoms with Gasteiger partial charge in [0.05, 0.1) is 13.7 Å². The molecule has 2 heterocycles. The molecule has 0 amide bonds. The van der Waals surface area contributed by atoms with Crippen molar-refractivity contribution in [3.63, 3.8) is 0 Å². The fourth-order valence-corrected chi connectivity index (χ4v) is 2.66. The third kappa shape index (κ3) is 4.03. The molecule has 0 unspecified atom stereocenters. The lowest BCUT2D eigenvalue weighted by Crippen LogP contribution is -2.22. The van der Waals surface area contributed by atoms with Crippen molar-refractivity contribution in [3.05, 3.63) is 41.8 Å². The number of hydrogen-bond donors (Lipinski definition) is 2. The predicted octanol–water partition coefficient (Wildman–Crippen LogP) is 0.881. The van der Waals surface area contributed by atoms with E-state index < -0.39 is 10.0 Å². The maximum atomic E-state index is 12.1. The zero-order valence-corrected chi connectivity index (χ0v) is 12.6. The van der Waals surface area contributed by atoms with Crippen LogP contribution in [-0.2, 0) is 23.1 Å². The summed E-state index contributed by atoms with van der Waals surface area (Å²) < 4.78 is 36.9. The van der Waals surface area contributed by atoms with Gasteiger partial charge < -0.3 is 14.5 Å². The third-order valence-electron chi connectivity index (χ3n) is 2.73. The Kier molecular flexibility index (Phi) is 4.94. The molecule has 0 saturated heterocycles. The van der Waals surface area contributed by atoms with Crippen molar-refractivity contribution in [2.75, 3.05) is 14.2 Å². The summed E-state index contributed by atoms with van der Waals surface area (Å²) in [5.74, 6) is 0.990. The van der Waals surface area contributed by atoms with Crippen LogP contribution in [0.3, 0.4) is 0 Å². The Morgan fingerprint density at radius 2 is 2.10 bits per heavy atom. The number of sulfonamides is 1. The minimum absolute atomic E-state index is 0.103. The van der Waals surface area contributed by atoms with Crippen molar-refractivity contribution >= 4 is 10.0 Å². The molecule has 0 aromatic carbocycles. The molecule has 8 heteroatoms. The van der Waals surface area contributed by atoms with Gasteiger partial charge in [0.15, 0.2) is 0 Å². The van der Waals surface area contributed by atoms with Crippen LogP contribution < -0.4 is 14.8 Å². The smallest absolute Gasteiger partial charge is 0.274 e. The van der Waals surface area contributed by atoms with E-state index in [2.05, 4.69) is 15.0 Å². The molecule has 21 heavy (non-hydrogen) atoms. The van der Waals surface area contributed by atoms with E-state index in [0.29, 0.717) is 18.2 Å². The van der Waals surface area contributed by atoms with Gasteiger partial charge in [-0.05, 0) is 30.8 Å². The summed E-state index contributed by atoms with van der Waals surface area (Å²) in [6.07, 6.45) is 1.56. The molecule has 0 spiro atoms. The number of ether oxygens (including phenoxy) is 1. The molecular formula is C13H17N3O4S. The molecule has 0 aliphatic carbocycles. The van der Waals surface area contributed by atoms with Crippen LogP contribution in [0, 0.1) is 0 Å². The number of pyridine rings is 1. The lowest BCUT2D eigenvalue weighted by Gasteiger charge is -2.05. The molecule has 7 nitrogen and oxygen atoms in total. The zero-order chi connectivity index (χ0) is 15.3. The highest BCUT2D eigenvalue weighted by Gasteiger charge is 2.18. The third-order valence-corrected chi connectivity index (χ3v) is 4.00. The van der Waals surface area contributed by atoms with E-state index >= 15 is 0 Å². The largest absolute Gasteiger partial charge is 0.481 e. The molecule has 0 saturated carbocycles. The predicted molar refractivity (Wildman–Crippen MR) is 76.3 cm³/mol. The Labute approximate surface area is 123 Å². The van der Waals surface area contributed by atoms with Crippen LogP contribution in [0.1, 0.15) is 11.3 Å². The molecule has 2 aromatic heterocycles. The van der Waals surface area contributed by atoms with Gasteiger partial charge in [0.2, 0.25) is 11.0 Å². The van der Waals surface area contributed by atoms with Gasteiger partial charge in [0.25, 0.3) is 10.0 Å². The minimum Gasteiger partial charge on any atom is -0.481 e. The number of methoxy groups -OCH3 is 1. The van der Waals surface area contributed by atoms with Crippen LogP contribution >= 0.6 is 0 Å². The lowest BCUT2D eigenvalue weighted by molar-refractivity contribution is 0.397. The summed E-state index contributed by atoms with van der Waals surface area (Å²) in [6.45, 7) is 0.598. The van der Waals surface area contributed by atoms with E-state index in [9.17, 15) is 8.42 Å². The monoisotopic (exact) mass is 311 g/mol. The minimum atomic E-state index is -3.68. The summed E-state index contributed by atoms with van der Waals surface area (Å²) in [7, 11) is -0.423.